The third kappa shape index (κ3) is 3.52. The molecule has 4 aromatic rings. The molecule has 0 spiro atoms. The maximum absolute atomic E-state index is 13.3. The lowest BCUT2D eigenvalue weighted by Crippen LogP contribution is -2.50. The molecule has 0 aliphatic carbocycles. The van der Waals surface area contributed by atoms with Crippen LogP contribution in [0.5, 0.6) is 0 Å². The minimum atomic E-state index is -0.730. The number of amides is 2. The smallest absolute Gasteiger partial charge is 0.425 e. The van der Waals surface area contributed by atoms with Crippen LogP contribution < -0.4 is 5.43 Å². The van der Waals surface area contributed by atoms with Gasteiger partial charge in [0.25, 0.3) is 5.91 Å². The number of methoxy groups -OCH3 is 1. The monoisotopic (exact) mass is 470 g/mol. The molecule has 1 aromatic carbocycles. The number of benzene rings is 2. The molecule has 30 heavy (non-hydrogen) atoms. The van der Waals surface area contributed by atoms with Crippen molar-refractivity contribution in [2.75, 3.05) is 7.11 Å². The highest BCUT2D eigenvalue weighted by atomic mass is 79.9. The predicted octanol–water partition coefficient (Wildman–Crippen LogP) is 4.81. The number of aromatic amines is 1. The zero-order valence-corrected chi connectivity index (χ0v) is 18.1. The van der Waals surface area contributed by atoms with Crippen molar-refractivity contribution < 1.29 is 18.7 Å². The van der Waals surface area contributed by atoms with E-state index in [9.17, 15) is 9.59 Å². The topological polar surface area (TPSA) is 100 Å². The molecule has 2 N–H and O–H groups in total. The number of aromatic nitrogens is 2. The van der Waals surface area contributed by atoms with E-state index in [0.29, 0.717) is 28.1 Å². The van der Waals surface area contributed by atoms with E-state index in [0.717, 1.165) is 15.7 Å². The van der Waals surface area contributed by atoms with Gasteiger partial charge in [-0.3, -0.25) is 4.79 Å². The summed E-state index contributed by atoms with van der Waals surface area (Å²) in [6.45, 7) is 3.57. The fourth-order valence-corrected chi connectivity index (χ4v) is 3.47. The number of furan rings is 2. The molecule has 8 nitrogen and oxygen atoms in total. The summed E-state index contributed by atoms with van der Waals surface area (Å²) >= 11 is 3.43. The van der Waals surface area contributed by atoms with Gasteiger partial charge in [-0.1, -0.05) is 28.1 Å². The molecule has 0 saturated carbocycles. The van der Waals surface area contributed by atoms with Gasteiger partial charge in [0, 0.05) is 10.5 Å². The van der Waals surface area contributed by atoms with Gasteiger partial charge in [-0.05, 0) is 43.7 Å². The van der Waals surface area contributed by atoms with Gasteiger partial charge < -0.3 is 14.1 Å². The fourth-order valence-electron chi connectivity index (χ4n) is 3.20. The third-order valence-corrected chi connectivity index (χ3v) is 5.19. The Balaban J connectivity index is 1.74. The maximum Gasteiger partial charge on any atom is 0.425 e. The predicted molar refractivity (Wildman–Crippen MR) is 115 cm³/mol. The molecule has 0 aliphatic heterocycles. The molecule has 0 fully saturated rings. The van der Waals surface area contributed by atoms with Gasteiger partial charge in [0.1, 0.15) is 17.0 Å². The van der Waals surface area contributed by atoms with Crippen LogP contribution >= 0.6 is 15.9 Å². The molecule has 0 radical (unpaired) electrons. The van der Waals surface area contributed by atoms with E-state index in [2.05, 4.69) is 36.1 Å². The average Bonchev–Trinajstić information content (AvgIpc) is 3.47. The Morgan fingerprint density at radius 2 is 1.87 bits per heavy atom. The first-order valence-corrected chi connectivity index (χ1v) is 10.0. The molecule has 3 aromatic heterocycles. The molecule has 3 heterocycles. The number of ether oxygens (including phenoxy) is 1. The summed E-state index contributed by atoms with van der Waals surface area (Å²) in [4.78, 5) is 32.8. The number of imidazole rings is 1. The lowest BCUT2D eigenvalue weighted by Gasteiger charge is -2.26. The van der Waals surface area contributed by atoms with Gasteiger partial charge >= 0.3 is 6.09 Å². The number of H-pyrrole nitrogens is 1. The Bertz CT molecular complexity index is 1200. The Hall–Kier alpha value is -3.33. The second-order valence-electron chi connectivity index (χ2n) is 6.94. The molecule has 0 aliphatic rings. The second-order valence-corrected chi connectivity index (χ2v) is 7.85. The highest BCUT2D eigenvalue weighted by Gasteiger charge is 2.31. The minimum absolute atomic E-state index is 0.311. The largest absolute Gasteiger partial charge is 0.456 e. The maximum atomic E-state index is 13.3. The van der Waals surface area contributed by atoms with E-state index >= 15 is 0 Å². The summed E-state index contributed by atoms with van der Waals surface area (Å²) in [6, 6.07) is 11.0. The van der Waals surface area contributed by atoms with Gasteiger partial charge in [-0.15, -0.1) is 0 Å². The highest BCUT2D eigenvalue weighted by Crippen LogP contribution is 2.37. The van der Waals surface area contributed by atoms with E-state index in [1.54, 1.807) is 32.2 Å². The summed E-state index contributed by atoms with van der Waals surface area (Å²) in [5.74, 6) is 0.0914. The number of nitrogens with one attached hydrogen (secondary N) is 2. The van der Waals surface area contributed by atoms with Crippen LogP contribution in [-0.4, -0.2) is 40.1 Å². The van der Waals surface area contributed by atoms with E-state index in [-0.39, 0.29) is 6.04 Å². The van der Waals surface area contributed by atoms with Crippen LogP contribution in [0.3, 0.4) is 0 Å². The standard InChI is InChI=1S/C21H19BrN4O4/c1-11(2)26(25-21(28)29-3)20(27)18-16-9-8-15(30-16)17(18)19-23-10-14(24-19)12-4-6-13(22)7-5-12/h4-11H,1-3H3,(H,23,24)(H,25,28). The summed E-state index contributed by atoms with van der Waals surface area (Å²) < 4.78 is 11.4. The van der Waals surface area contributed by atoms with Crippen molar-refractivity contribution in [1.29, 1.82) is 0 Å². The minimum Gasteiger partial charge on any atom is -0.456 e. The van der Waals surface area contributed by atoms with E-state index in [1.165, 1.54) is 12.1 Å². The van der Waals surface area contributed by atoms with Gasteiger partial charge in [-0.25, -0.2) is 20.2 Å². The molecule has 0 atom stereocenters. The van der Waals surface area contributed by atoms with Crippen molar-refractivity contribution in [1.82, 2.24) is 20.4 Å². The Morgan fingerprint density at radius 1 is 1.17 bits per heavy atom. The molecule has 9 heteroatoms. The van der Waals surface area contributed by atoms with Gasteiger partial charge in [0.2, 0.25) is 0 Å². The lowest BCUT2D eigenvalue weighted by atomic mass is 10.1. The summed E-state index contributed by atoms with van der Waals surface area (Å²) in [5.41, 5.74) is 6.06. The highest BCUT2D eigenvalue weighted by molar-refractivity contribution is 9.10. The number of halogens is 1. The molecule has 154 valence electrons. The Morgan fingerprint density at radius 3 is 2.53 bits per heavy atom. The number of hydrogen-bond donors (Lipinski definition) is 2. The van der Waals surface area contributed by atoms with E-state index in [4.69, 9.17) is 4.42 Å². The molecule has 2 bridgehead atoms. The van der Waals surface area contributed by atoms with Crippen LogP contribution in [0.25, 0.3) is 33.8 Å². The molecule has 2 amide bonds. The zero-order valence-electron chi connectivity index (χ0n) is 16.5. The average molecular weight is 471 g/mol. The van der Waals surface area contributed by atoms with E-state index < -0.39 is 12.0 Å². The van der Waals surface area contributed by atoms with Gasteiger partial charge in [0.05, 0.1) is 30.1 Å². The Labute approximate surface area is 180 Å². The van der Waals surface area contributed by atoms with Crippen molar-refractivity contribution in [2.24, 2.45) is 0 Å². The zero-order chi connectivity index (χ0) is 21.4. The number of carbonyl (C=O) groups excluding carboxylic acids is 2. The molecule has 4 rings (SSSR count). The summed E-state index contributed by atoms with van der Waals surface area (Å²) in [5, 5.41) is 1.21. The van der Waals surface area contributed by atoms with Crippen LogP contribution in [0.1, 0.15) is 24.2 Å². The number of nitrogens with zero attached hydrogens (tertiary/aromatic N) is 2. The number of rotatable bonds is 4. The first kappa shape index (κ1) is 20.0. The molecular weight excluding hydrogens is 452 g/mol. The summed E-state index contributed by atoms with van der Waals surface area (Å²) in [7, 11) is 1.24. The van der Waals surface area contributed by atoms with Crippen LogP contribution in [0.4, 0.5) is 4.79 Å². The van der Waals surface area contributed by atoms with Crippen molar-refractivity contribution in [3.63, 3.8) is 0 Å². The number of hydrazine groups is 1. The van der Waals surface area contributed by atoms with Crippen molar-refractivity contribution >= 4 is 39.1 Å². The summed E-state index contributed by atoms with van der Waals surface area (Å²) in [6.07, 6.45) is 0.980. The van der Waals surface area contributed by atoms with Crippen LogP contribution in [-0.2, 0) is 4.74 Å². The quantitative estimate of drug-likeness (QED) is 0.416. The first-order chi connectivity index (χ1) is 14.4. The molecule has 0 unspecified atom stereocenters. The first-order valence-electron chi connectivity index (χ1n) is 9.23. The number of carbonyl (C=O) groups is 2. The number of fused-ring (bicyclic) bond motifs is 2. The second kappa shape index (κ2) is 7.83. The number of hydrogen-bond acceptors (Lipinski definition) is 5. The van der Waals surface area contributed by atoms with Crippen LogP contribution in [0.15, 0.2) is 51.5 Å². The Kier molecular flexibility index (Phi) is 5.21. The van der Waals surface area contributed by atoms with Gasteiger partial charge in [0.15, 0.2) is 0 Å². The van der Waals surface area contributed by atoms with Gasteiger partial charge in [-0.2, -0.15) is 0 Å². The van der Waals surface area contributed by atoms with E-state index in [1.807, 2.05) is 24.3 Å². The SMILES string of the molecule is COC(=O)NN(C(=O)c1c(-c2ncc(-c3ccc(Br)cc3)[nH]2)c2ccc1o2)C(C)C. The lowest BCUT2D eigenvalue weighted by molar-refractivity contribution is 0.0558. The van der Waals surface area contributed by atoms with Crippen LogP contribution in [0, 0.1) is 0 Å². The third-order valence-electron chi connectivity index (χ3n) is 4.66. The van der Waals surface area contributed by atoms with Crippen molar-refractivity contribution in [3.8, 4) is 22.6 Å². The molecular formula is C21H19BrN4O4. The fraction of sp³-hybridized carbons (Fsp3) is 0.190. The van der Waals surface area contributed by atoms with Crippen molar-refractivity contribution in [2.45, 2.75) is 19.9 Å². The van der Waals surface area contributed by atoms with Crippen LogP contribution in [0.2, 0.25) is 0 Å². The normalized spacial score (nSPS) is 11.2. The van der Waals surface area contributed by atoms with Crippen molar-refractivity contribution in [3.05, 3.63) is 52.6 Å². The molecule has 0 saturated heterocycles.